The second-order valence-corrected chi connectivity index (χ2v) is 7.31. The minimum atomic E-state index is -0.658. The van der Waals surface area contributed by atoms with Gasteiger partial charge in [0.25, 0.3) is 5.69 Å². The first-order valence-electron chi connectivity index (χ1n) is 10.2. The number of nitro groups is 1. The fourth-order valence-electron chi connectivity index (χ4n) is 3.24. The Morgan fingerprint density at radius 1 is 1.03 bits per heavy atom. The van der Waals surface area contributed by atoms with Crippen LogP contribution in [0.3, 0.4) is 0 Å². The molecular formula is C23H29N3O4. The van der Waals surface area contributed by atoms with Gasteiger partial charge in [-0.25, -0.2) is 0 Å². The molecule has 2 atom stereocenters. The zero-order valence-corrected chi connectivity index (χ0v) is 17.7. The van der Waals surface area contributed by atoms with Crippen molar-refractivity contribution >= 4 is 17.5 Å². The summed E-state index contributed by atoms with van der Waals surface area (Å²) in [7, 11) is 0. The van der Waals surface area contributed by atoms with Gasteiger partial charge in [0.05, 0.1) is 11.3 Å². The van der Waals surface area contributed by atoms with Crippen molar-refractivity contribution in [2.24, 2.45) is 0 Å². The predicted molar refractivity (Wildman–Crippen MR) is 116 cm³/mol. The lowest BCUT2D eigenvalue weighted by Crippen LogP contribution is -2.51. The van der Waals surface area contributed by atoms with Gasteiger partial charge < -0.3 is 10.2 Å². The Balaban J connectivity index is 2.33. The quantitative estimate of drug-likeness (QED) is 0.475. The molecule has 1 N–H and O–H groups in total. The van der Waals surface area contributed by atoms with Crippen molar-refractivity contribution in [3.8, 4) is 0 Å². The highest BCUT2D eigenvalue weighted by atomic mass is 16.6. The molecule has 0 saturated carbocycles. The van der Waals surface area contributed by atoms with Gasteiger partial charge in [-0.2, -0.15) is 0 Å². The van der Waals surface area contributed by atoms with Crippen molar-refractivity contribution in [1.29, 1.82) is 0 Å². The van der Waals surface area contributed by atoms with Gasteiger partial charge in [0.2, 0.25) is 11.8 Å². The van der Waals surface area contributed by atoms with Crippen molar-refractivity contribution in [1.82, 2.24) is 10.2 Å². The zero-order chi connectivity index (χ0) is 22.1. The molecule has 0 aliphatic carbocycles. The molecule has 7 nitrogen and oxygen atoms in total. The van der Waals surface area contributed by atoms with E-state index in [2.05, 4.69) is 5.32 Å². The minimum absolute atomic E-state index is 0.00422. The number of nitro benzene ring substituents is 1. The Morgan fingerprint density at radius 3 is 2.27 bits per heavy atom. The van der Waals surface area contributed by atoms with Crippen LogP contribution >= 0.6 is 0 Å². The Labute approximate surface area is 177 Å². The van der Waals surface area contributed by atoms with Crippen LogP contribution in [-0.2, 0) is 22.6 Å². The van der Waals surface area contributed by atoms with Crippen molar-refractivity contribution in [2.75, 3.05) is 0 Å². The van der Waals surface area contributed by atoms with Crippen molar-refractivity contribution in [3.63, 3.8) is 0 Å². The van der Waals surface area contributed by atoms with E-state index in [1.54, 1.807) is 18.2 Å². The van der Waals surface area contributed by atoms with E-state index < -0.39 is 11.0 Å². The largest absolute Gasteiger partial charge is 0.352 e. The summed E-state index contributed by atoms with van der Waals surface area (Å²) in [6.07, 6.45) is 1.08. The molecule has 0 spiro atoms. The van der Waals surface area contributed by atoms with Crippen LogP contribution in [0.4, 0.5) is 5.69 Å². The minimum Gasteiger partial charge on any atom is -0.352 e. The lowest BCUT2D eigenvalue weighted by atomic mass is 10.0. The number of rotatable bonds is 10. The Hall–Kier alpha value is -3.22. The summed E-state index contributed by atoms with van der Waals surface area (Å²) < 4.78 is 0. The molecule has 2 rings (SSSR count). The van der Waals surface area contributed by atoms with Gasteiger partial charge in [-0.3, -0.25) is 19.7 Å². The number of amides is 2. The van der Waals surface area contributed by atoms with Crippen LogP contribution in [0.25, 0.3) is 0 Å². The van der Waals surface area contributed by atoms with Crippen LogP contribution in [0, 0.1) is 10.1 Å². The number of carbonyl (C=O) groups is 2. The molecule has 7 heteroatoms. The lowest BCUT2D eigenvalue weighted by Gasteiger charge is -2.31. The number of hydrogen-bond donors (Lipinski definition) is 1. The average molecular weight is 412 g/mol. The van der Waals surface area contributed by atoms with E-state index in [1.165, 1.54) is 11.0 Å². The van der Waals surface area contributed by atoms with Crippen molar-refractivity contribution in [3.05, 3.63) is 75.8 Å². The number of nitrogens with zero attached hydrogens (tertiary/aromatic N) is 2. The van der Waals surface area contributed by atoms with Crippen LogP contribution in [0.15, 0.2) is 54.6 Å². The first kappa shape index (κ1) is 23.1. The average Bonchev–Trinajstić information content (AvgIpc) is 2.74. The van der Waals surface area contributed by atoms with E-state index in [0.29, 0.717) is 12.0 Å². The van der Waals surface area contributed by atoms with Crippen LogP contribution in [0.5, 0.6) is 0 Å². The lowest BCUT2D eigenvalue weighted by molar-refractivity contribution is -0.385. The topological polar surface area (TPSA) is 92.6 Å². The fourth-order valence-corrected chi connectivity index (χ4v) is 3.24. The van der Waals surface area contributed by atoms with Gasteiger partial charge >= 0.3 is 0 Å². The summed E-state index contributed by atoms with van der Waals surface area (Å²) in [6, 6.07) is 15.0. The fraction of sp³-hybridized carbons (Fsp3) is 0.391. The maximum absolute atomic E-state index is 13.3. The maximum Gasteiger partial charge on any atom is 0.273 e. The molecule has 0 fully saturated rings. The maximum atomic E-state index is 13.3. The van der Waals surface area contributed by atoms with Gasteiger partial charge in [-0.05, 0) is 25.3 Å². The molecular weight excluding hydrogens is 382 g/mol. The number of carbonyl (C=O) groups excluding carboxylic acids is 2. The van der Waals surface area contributed by atoms with Crippen LogP contribution in [0.2, 0.25) is 0 Å². The van der Waals surface area contributed by atoms with Gasteiger partial charge in [0, 0.05) is 24.2 Å². The summed E-state index contributed by atoms with van der Waals surface area (Å²) in [4.78, 5) is 38.5. The summed E-state index contributed by atoms with van der Waals surface area (Å²) in [5.74, 6) is -0.530. The number of para-hydroxylation sites is 1. The van der Waals surface area contributed by atoms with E-state index in [-0.39, 0.29) is 36.5 Å². The molecule has 0 saturated heterocycles. The van der Waals surface area contributed by atoms with E-state index in [9.17, 15) is 19.7 Å². The SMILES string of the molecule is CC[C@@H](C)NC(=O)[C@H](CC)N(Cc1ccccc1)C(=O)Cc1ccccc1[N+](=O)[O-]. The van der Waals surface area contributed by atoms with Gasteiger partial charge in [-0.1, -0.05) is 62.4 Å². The summed E-state index contributed by atoms with van der Waals surface area (Å²) in [5, 5.41) is 14.3. The highest BCUT2D eigenvalue weighted by Crippen LogP contribution is 2.21. The monoisotopic (exact) mass is 411 g/mol. The summed E-state index contributed by atoms with van der Waals surface area (Å²) in [5.41, 5.74) is 1.13. The molecule has 2 aromatic rings. The normalized spacial score (nSPS) is 12.6. The summed E-state index contributed by atoms with van der Waals surface area (Å²) >= 11 is 0. The third kappa shape index (κ3) is 6.14. The number of hydrogen-bond acceptors (Lipinski definition) is 4. The molecule has 30 heavy (non-hydrogen) atoms. The molecule has 0 bridgehead atoms. The molecule has 0 aromatic heterocycles. The smallest absolute Gasteiger partial charge is 0.273 e. The number of nitrogens with one attached hydrogen (secondary N) is 1. The van der Waals surface area contributed by atoms with E-state index in [0.717, 1.165) is 12.0 Å². The first-order valence-corrected chi connectivity index (χ1v) is 10.2. The van der Waals surface area contributed by atoms with Gasteiger partial charge in [0.1, 0.15) is 6.04 Å². The molecule has 0 unspecified atom stereocenters. The highest BCUT2D eigenvalue weighted by molar-refractivity contribution is 5.89. The molecule has 0 radical (unpaired) electrons. The van der Waals surface area contributed by atoms with Gasteiger partial charge in [-0.15, -0.1) is 0 Å². The molecule has 0 aliphatic heterocycles. The standard InChI is InChI=1S/C23H29N3O4/c1-4-17(3)24-23(28)20(5-2)25(16-18-11-7-6-8-12-18)22(27)15-19-13-9-10-14-21(19)26(29)30/h6-14,17,20H,4-5,15-16H2,1-3H3,(H,24,28)/t17-,20+/m1/s1. The molecule has 2 amide bonds. The second-order valence-electron chi connectivity index (χ2n) is 7.31. The molecule has 2 aromatic carbocycles. The van der Waals surface area contributed by atoms with E-state index in [4.69, 9.17) is 0 Å². The third-order valence-electron chi connectivity index (χ3n) is 5.11. The molecule has 0 aliphatic rings. The summed E-state index contributed by atoms with van der Waals surface area (Å²) in [6.45, 7) is 6.01. The molecule has 0 heterocycles. The van der Waals surface area contributed by atoms with Crippen LogP contribution < -0.4 is 5.32 Å². The Bertz CT molecular complexity index is 870. The van der Waals surface area contributed by atoms with Crippen LogP contribution in [-0.4, -0.2) is 33.7 Å². The Morgan fingerprint density at radius 2 is 1.67 bits per heavy atom. The number of benzene rings is 2. The van der Waals surface area contributed by atoms with Crippen molar-refractivity contribution < 1.29 is 14.5 Å². The van der Waals surface area contributed by atoms with E-state index in [1.807, 2.05) is 51.1 Å². The second kappa shape index (κ2) is 11.1. The highest BCUT2D eigenvalue weighted by Gasteiger charge is 2.30. The van der Waals surface area contributed by atoms with Crippen molar-refractivity contribution in [2.45, 2.75) is 58.7 Å². The third-order valence-corrected chi connectivity index (χ3v) is 5.11. The first-order chi connectivity index (χ1) is 14.4. The van der Waals surface area contributed by atoms with E-state index >= 15 is 0 Å². The predicted octanol–water partition coefficient (Wildman–Crippen LogP) is 3.86. The van der Waals surface area contributed by atoms with Gasteiger partial charge in [0.15, 0.2) is 0 Å². The molecule has 160 valence electrons. The van der Waals surface area contributed by atoms with Crippen LogP contribution in [0.1, 0.15) is 44.7 Å². The zero-order valence-electron chi connectivity index (χ0n) is 17.7. The Kier molecular flexibility index (Phi) is 8.53.